The van der Waals surface area contributed by atoms with Crippen molar-refractivity contribution in [3.63, 3.8) is 0 Å². The van der Waals surface area contributed by atoms with Crippen molar-refractivity contribution in [1.29, 1.82) is 0 Å². The van der Waals surface area contributed by atoms with Crippen LogP contribution in [0.15, 0.2) is 47.7 Å². The minimum atomic E-state index is -4.48. The predicted octanol–water partition coefficient (Wildman–Crippen LogP) is 5.26. The van der Waals surface area contributed by atoms with Gasteiger partial charge in [-0.05, 0) is 43.2 Å². The highest BCUT2D eigenvalue weighted by Crippen LogP contribution is 2.48. The summed E-state index contributed by atoms with van der Waals surface area (Å²) in [5.74, 6) is 0.351. The van der Waals surface area contributed by atoms with Gasteiger partial charge >= 0.3 is 6.18 Å². The molecule has 4 rings (SSSR count). The number of allylic oxidation sites excluding steroid dienone is 2. The SMILES string of the molecule is COc1cc(OC)c(C2CC(=O)N(c3ccc(C(F)(F)F)cc3)C3=C2C(=O)CCC3)cc1OC. The maximum Gasteiger partial charge on any atom is 0.416 e. The van der Waals surface area contributed by atoms with Crippen LogP contribution in [-0.2, 0) is 15.8 Å². The fourth-order valence-corrected chi connectivity index (χ4v) is 4.68. The zero-order chi connectivity index (χ0) is 24.6. The van der Waals surface area contributed by atoms with Gasteiger partial charge in [-0.2, -0.15) is 13.2 Å². The van der Waals surface area contributed by atoms with E-state index >= 15 is 0 Å². The third-order valence-electron chi connectivity index (χ3n) is 6.24. The van der Waals surface area contributed by atoms with Crippen LogP contribution in [0.1, 0.15) is 42.7 Å². The quantitative estimate of drug-likeness (QED) is 0.591. The Balaban J connectivity index is 1.85. The molecule has 0 bridgehead atoms. The van der Waals surface area contributed by atoms with E-state index in [1.165, 1.54) is 38.4 Å². The molecule has 0 radical (unpaired) electrons. The lowest BCUT2D eigenvalue weighted by Gasteiger charge is -2.38. The number of anilines is 1. The number of carbonyl (C=O) groups excluding carboxylic acids is 2. The van der Waals surface area contributed by atoms with Crippen LogP contribution in [0.25, 0.3) is 0 Å². The molecule has 1 heterocycles. The molecule has 1 unspecified atom stereocenters. The van der Waals surface area contributed by atoms with Gasteiger partial charge in [0.15, 0.2) is 17.3 Å². The zero-order valence-electron chi connectivity index (χ0n) is 19.0. The molecule has 0 N–H and O–H groups in total. The lowest BCUT2D eigenvalue weighted by molar-refractivity contribution is -0.137. The van der Waals surface area contributed by atoms with Crippen LogP contribution in [0.3, 0.4) is 0 Å². The lowest BCUT2D eigenvalue weighted by Crippen LogP contribution is -2.40. The molecular weight excluding hydrogens is 451 g/mol. The summed E-state index contributed by atoms with van der Waals surface area (Å²) in [7, 11) is 4.47. The smallest absolute Gasteiger partial charge is 0.416 e. The number of rotatable bonds is 5. The van der Waals surface area contributed by atoms with Gasteiger partial charge in [0.2, 0.25) is 5.91 Å². The van der Waals surface area contributed by atoms with E-state index < -0.39 is 17.7 Å². The first kappa shape index (κ1) is 23.7. The number of amides is 1. The molecule has 1 amide bonds. The number of Topliss-reactive ketones (excluding diaryl/α,β-unsaturated/α-hetero) is 1. The molecule has 2 aliphatic rings. The number of halogens is 3. The highest BCUT2D eigenvalue weighted by molar-refractivity contribution is 6.07. The minimum Gasteiger partial charge on any atom is -0.496 e. The fraction of sp³-hybridized carbons (Fsp3) is 0.360. The first-order valence-corrected chi connectivity index (χ1v) is 10.8. The highest BCUT2D eigenvalue weighted by atomic mass is 19.4. The van der Waals surface area contributed by atoms with Crippen molar-refractivity contribution in [3.8, 4) is 17.2 Å². The molecule has 0 saturated heterocycles. The topological polar surface area (TPSA) is 65.1 Å². The van der Waals surface area contributed by atoms with Gasteiger partial charge in [0.05, 0.1) is 26.9 Å². The number of alkyl halides is 3. The summed E-state index contributed by atoms with van der Waals surface area (Å²) in [6.07, 6.45) is -3.18. The Labute approximate surface area is 194 Å². The second kappa shape index (κ2) is 9.04. The molecule has 34 heavy (non-hydrogen) atoms. The summed E-state index contributed by atoms with van der Waals surface area (Å²) in [6, 6.07) is 7.77. The van der Waals surface area contributed by atoms with E-state index in [4.69, 9.17) is 14.2 Å². The Morgan fingerprint density at radius 1 is 0.882 bits per heavy atom. The Morgan fingerprint density at radius 2 is 1.50 bits per heavy atom. The zero-order valence-corrected chi connectivity index (χ0v) is 19.0. The number of ketones is 1. The third kappa shape index (κ3) is 4.10. The van der Waals surface area contributed by atoms with E-state index in [0.717, 1.165) is 12.1 Å². The third-order valence-corrected chi connectivity index (χ3v) is 6.24. The van der Waals surface area contributed by atoms with Gasteiger partial charge in [-0.3, -0.25) is 14.5 Å². The van der Waals surface area contributed by atoms with Crippen molar-refractivity contribution >= 4 is 17.4 Å². The van der Waals surface area contributed by atoms with Gasteiger partial charge in [0, 0.05) is 47.3 Å². The molecule has 2 aromatic carbocycles. The van der Waals surface area contributed by atoms with Crippen LogP contribution in [0.4, 0.5) is 18.9 Å². The molecule has 6 nitrogen and oxygen atoms in total. The van der Waals surface area contributed by atoms with E-state index in [1.54, 1.807) is 12.1 Å². The number of hydrogen-bond donors (Lipinski definition) is 0. The molecular formula is C25H24F3NO5. The van der Waals surface area contributed by atoms with Crippen molar-refractivity contribution in [2.75, 3.05) is 26.2 Å². The fourth-order valence-electron chi connectivity index (χ4n) is 4.68. The summed E-state index contributed by atoms with van der Waals surface area (Å²) in [5, 5.41) is 0. The normalized spacial score (nSPS) is 18.6. The molecule has 9 heteroatoms. The van der Waals surface area contributed by atoms with E-state index in [-0.39, 0.29) is 18.1 Å². The Morgan fingerprint density at radius 3 is 2.09 bits per heavy atom. The second-order valence-electron chi connectivity index (χ2n) is 8.12. The lowest BCUT2D eigenvalue weighted by atomic mass is 9.76. The van der Waals surface area contributed by atoms with Crippen LogP contribution in [0.5, 0.6) is 17.2 Å². The van der Waals surface area contributed by atoms with Gasteiger partial charge in [0.1, 0.15) is 5.75 Å². The molecule has 0 fully saturated rings. The number of hydrogen-bond acceptors (Lipinski definition) is 5. The molecule has 0 spiro atoms. The average molecular weight is 475 g/mol. The largest absolute Gasteiger partial charge is 0.496 e. The molecule has 0 saturated carbocycles. The average Bonchev–Trinajstić information content (AvgIpc) is 2.82. The molecule has 1 aliphatic heterocycles. The number of carbonyl (C=O) groups is 2. The Kier molecular flexibility index (Phi) is 6.29. The van der Waals surface area contributed by atoms with E-state index in [2.05, 4.69) is 0 Å². The maximum absolute atomic E-state index is 13.4. The van der Waals surface area contributed by atoms with E-state index in [0.29, 0.717) is 59.0 Å². The molecule has 1 atom stereocenters. The number of ether oxygens (including phenoxy) is 3. The summed E-state index contributed by atoms with van der Waals surface area (Å²) in [6.45, 7) is 0. The predicted molar refractivity (Wildman–Crippen MR) is 118 cm³/mol. The Hall–Kier alpha value is -3.49. The number of nitrogens with zero attached hydrogens (tertiary/aromatic N) is 1. The maximum atomic E-state index is 13.4. The second-order valence-corrected chi connectivity index (χ2v) is 8.12. The Bertz CT molecular complexity index is 1150. The summed E-state index contributed by atoms with van der Waals surface area (Å²) < 4.78 is 55.4. The summed E-state index contributed by atoms with van der Waals surface area (Å²) in [5.41, 5.74) is 1.12. The van der Waals surface area contributed by atoms with Gasteiger partial charge < -0.3 is 14.2 Å². The van der Waals surface area contributed by atoms with Gasteiger partial charge in [0.25, 0.3) is 0 Å². The van der Waals surface area contributed by atoms with Gasteiger partial charge in [-0.1, -0.05) is 0 Å². The number of methoxy groups -OCH3 is 3. The standard InChI is InChI=1S/C25H24F3NO5/c1-32-20-13-22(34-3)21(33-2)11-16(20)17-12-23(31)29(18-5-4-6-19(30)24(17)18)15-9-7-14(8-10-15)25(26,27)28/h7-11,13,17H,4-6,12H2,1-3H3. The van der Waals surface area contributed by atoms with Crippen molar-refractivity contribution < 1.29 is 37.0 Å². The number of benzene rings is 2. The van der Waals surface area contributed by atoms with Crippen molar-refractivity contribution in [2.45, 2.75) is 37.8 Å². The molecule has 2 aromatic rings. The summed E-state index contributed by atoms with van der Waals surface area (Å²) >= 11 is 0. The van der Waals surface area contributed by atoms with Crippen LogP contribution in [-0.4, -0.2) is 33.0 Å². The van der Waals surface area contributed by atoms with Crippen LogP contribution >= 0.6 is 0 Å². The van der Waals surface area contributed by atoms with Crippen LogP contribution in [0, 0.1) is 0 Å². The van der Waals surface area contributed by atoms with E-state index in [1.807, 2.05) is 0 Å². The van der Waals surface area contributed by atoms with Crippen LogP contribution < -0.4 is 19.1 Å². The highest BCUT2D eigenvalue weighted by Gasteiger charge is 2.41. The molecule has 180 valence electrons. The first-order chi connectivity index (χ1) is 16.2. The van der Waals surface area contributed by atoms with Gasteiger partial charge in [-0.25, -0.2) is 0 Å². The minimum absolute atomic E-state index is 0.0442. The van der Waals surface area contributed by atoms with Gasteiger partial charge in [-0.15, -0.1) is 0 Å². The summed E-state index contributed by atoms with van der Waals surface area (Å²) in [4.78, 5) is 27.9. The van der Waals surface area contributed by atoms with Crippen molar-refractivity contribution in [2.24, 2.45) is 0 Å². The molecule has 0 aromatic heterocycles. The van der Waals surface area contributed by atoms with Crippen molar-refractivity contribution in [3.05, 3.63) is 58.8 Å². The molecule has 1 aliphatic carbocycles. The van der Waals surface area contributed by atoms with Crippen molar-refractivity contribution in [1.82, 2.24) is 0 Å². The monoisotopic (exact) mass is 475 g/mol. The van der Waals surface area contributed by atoms with E-state index in [9.17, 15) is 22.8 Å². The van der Waals surface area contributed by atoms with Crippen LogP contribution in [0.2, 0.25) is 0 Å². The first-order valence-electron chi connectivity index (χ1n) is 10.8.